The molecule has 0 aromatic heterocycles. The monoisotopic (exact) mass is 214 g/mol. The number of rotatable bonds is 4. The highest BCUT2D eigenvalue weighted by Crippen LogP contribution is 2.16. The second kappa shape index (κ2) is 6.06. The molecule has 0 heterocycles. The van der Waals surface area contributed by atoms with E-state index in [-0.39, 0.29) is 0 Å². The van der Waals surface area contributed by atoms with Gasteiger partial charge in [-0.3, -0.25) is 0 Å². The highest BCUT2D eigenvalue weighted by molar-refractivity contribution is 6.23. The largest absolute Gasteiger partial charge is 0.126 e. The van der Waals surface area contributed by atoms with E-state index < -0.39 is 0 Å². The lowest BCUT2D eigenvalue weighted by Crippen LogP contribution is -1.85. The van der Waals surface area contributed by atoms with Crippen molar-refractivity contribution in [2.75, 3.05) is 11.8 Å². The Morgan fingerprint density at radius 1 is 1.15 bits per heavy atom. The fourth-order valence-electron chi connectivity index (χ4n) is 1.13. The number of alkyl halides is 2. The standard InChI is InChI=1S/C11H12Cl2/c12-8-4-7-11(9-13)10-5-2-1-3-6-10/h1-3,5-7H,4,8-9H2/b11-7+. The Balaban J connectivity index is 2.78. The summed E-state index contributed by atoms with van der Waals surface area (Å²) in [6.07, 6.45) is 2.97. The normalized spacial score (nSPS) is 11.7. The van der Waals surface area contributed by atoms with Crippen LogP contribution in [0.5, 0.6) is 0 Å². The quantitative estimate of drug-likeness (QED) is 0.667. The first-order chi connectivity index (χ1) is 6.38. The molecular formula is C11H12Cl2. The minimum atomic E-state index is 0.543. The molecule has 0 amide bonds. The summed E-state index contributed by atoms with van der Waals surface area (Å²) in [5.41, 5.74) is 2.34. The van der Waals surface area contributed by atoms with E-state index in [9.17, 15) is 0 Å². The van der Waals surface area contributed by atoms with E-state index >= 15 is 0 Å². The average Bonchev–Trinajstić information content (AvgIpc) is 2.21. The summed E-state index contributed by atoms with van der Waals surface area (Å²) < 4.78 is 0. The Bertz CT molecular complexity index is 265. The van der Waals surface area contributed by atoms with E-state index in [0.717, 1.165) is 12.0 Å². The first-order valence-corrected chi connectivity index (χ1v) is 5.31. The minimum Gasteiger partial charge on any atom is -0.126 e. The average molecular weight is 215 g/mol. The van der Waals surface area contributed by atoms with Gasteiger partial charge in [-0.15, -0.1) is 23.2 Å². The van der Waals surface area contributed by atoms with E-state index in [4.69, 9.17) is 23.2 Å². The predicted octanol–water partition coefficient (Wildman–Crippen LogP) is 3.94. The first-order valence-electron chi connectivity index (χ1n) is 4.25. The molecule has 1 rings (SSSR count). The zero-order chi connectivity index (χ0) is 9.52. The molecule has 0 bridgehead atoms. The molecular weight excluding hydrogens is 203 g/mol. The Morgan fingerprint density at radius 3 is 2.38 bits per heavy atom. The van der Waals surface area contributed by atoms with Gasteiger partial charge in [0.1, 0.15) is 0 Å². The molecule has 1 aromatic rings. The molecule has 0 saturated carbocycles. The summed E-state index contributed by atoms with van der Waals surface area (Å²) >= 11 is 11.4. The van der Waals surface area contributed by atoms with Gasteiger partial charge in [0.15, 0.2) is 0 Å². The van der Waals surface area contributed by atoms with Crippen molar-refractivity contribution in [1.82, 2.24) is 0 Å². The van der Waals surface area contributed by atoms with Crippen LogP contribution in [-0.4, -0.2) is 11.8 Å². The van der Waals surface area contributed by atoms with Gasteiger partial charge < -0.3 is 0 Å². The highest BCUT2D eigenvalue weighted by atomic mass is 35.5. The molecule has 0 N–H and O–H groups in total. The number of benzene rings is 1. The van der Waals surface area contributed by atoms with Gasteiger partial charge in [-0.05, 0) is 17.6 Å². The lowest BCUT2D eigenvalue weighted by atomic mass is 10.1. The van der Waals surface area contributed by atoms with Crippen LogP contribution >= 0.6 is 23.2 Å². The van der Waals surface area contributed by atoms with Crippen molar-refractivity contribution < 1.29 is 0 Å². The fraction of sp³-hybridized carbons (Fsp3) is 0.273. The second-order valence-electron chi connectivity index (χ2n) is 2.71. The van der Waals surface area contributed by atoms with E-state index in [2.05, 4.69) is 18.2 Å². The molecule has 0 fully saturated rings. The number of hydrogen-bond donors (Lipinski definition) is 0. The second-order valence-corrected chi connectivity index (χ2v) is 3.35. The van der Waals surface area contributed by atoms with Gasteiger partial charge >= 0.3 is 0 Å². The van der Waals surface area contributed by atoms with Crippen LogP contribution in [0.3, 0.4) is 0 Å². The number of hydrogen-bond acceptors (Lipinski definition) is 0. The SMILES string of the molecule is ClCC/C=C(\CCl)c1ccccc1. The van der Waals surface area contributed by atoms with Crippen LogP contribution in [0.4, 0.5) is 0 Å². The molecule has 0 aliphatic carbocycles. The van der Waals surface area contributed by atoms with E-state index in [1.807, 2.05) is 18.2 Å². The summed E-state index contributed by atoms with van der Waals surface area (Å²) in [4.78, 5) is 0. The van der Waals surface area contributed by atoms with E-state index in [1.54, 1.807) is 0 Å². The maximum absolute atomic E-state index is 5.83. The summed E-state index contributed by atoms with van der Waals surface area (Å²) in [5, 5.41) is 0. The molecule has 0 spiro atoms. The van der Waals surface area contributed by atoms with Crippen LogP contribution in [-0.2, 0) is 0 Å². The topological polar surface area (TPSA) is 0 Å². The molecule has 0 unspecified atom stereocenters. The van der Waals surface area contributed by atoms with E-state index in [0.29, 0.717) is 11.8 Å². The van der Waals surface area contributed by atoms with Crippen LogP contribution in [0.2, 0.25) is 0 Å². The smallest absolute Gasteiger partial charge is 0.0476 e. The maximum Gasteiger partial charge on any atom is 0.0476 e. The van der Waals surface area contributed by atoms with Crippen LogP contribution in [0, 0.1) is 0 Å². The minimum absolute atomic E-state index is 0.543. The summed E-state index contributed by atoms with van der Waals surface area (Å²) in [7, 11) is 0. The zero-order valence-corrected chi connectivity index (χ0v) is 8.85. The Kier molecular flexibility index (Phi) is 4.95. The Labute approximate surface area is 89.2 Å². The molecule has 70 valence electrons. The third-order valence-electron chi connectivity index (χ3n) is 1.79. The summed E-state index contributed by atoms with van der Waals surface area (Å²) in [5.74, 6) is 1.19. The predicted molar refractivity (Wildman–Crippen MR) is 60.5 cm³/mol. The van der Waals surface area contributed by atoms with Gasteiger partial charge in [0.2, 0.25) is 0 Å². The van der Waals surface area contributed by atoms with Crippen molar-refractivity contribution >= 4 is 28.8 Å². The van der Waals surface area contributed by atoms with Gasteiger partial charge in [-0.25, -0.2) is 0 Å². The fourth-order valence-corrected chi connectivity index (χ4v) is 1.50. The first kappa shape index (κ1) is 10.6. The van der Waals surface area contributed by atoms with Crippen molar-refractivity contribution in [2.24, 2.45) is 0 Å². The van der Waals surface area contributed by atoms with Crippen LogP contribution in [0.25, 0.3) is 5.57 Å². The third kappa shape index (κ3) is 3.41. The molecule has 0 saturated heterocycles. The zero-order valence-electron chi connectivity index (χ0n) is 7.34. The van der Waals surface area contributed by atoms with Crippen LogP contribution in [0.15, 0.2) is 36.4 Å². The van der Waals surface area contributed by atoms with Gasteiger partial charge in [-0.2, -0.15) is 0 Å². The summed E-state index contributed by atoms with van der Waals surface area (Å²) in [6, 6.07) is 10.1. The van der Waals surface area contributed by atoms with Gasteiger partial charge in [0, 0.05) is 11.8 Å². The molecule has 0 atom stereocenters. The van der Waals surface area contributed by atoms with Gasteiger partial charge in [0.05, 0.1) is 0 Å². The lowest BCUT2D eigenvalue weighted by Gasteiger charge is -2.02. The third-order valence-corrected chi connectivity index (χ3v) is 2.29. The Hall–Kier alpha value is -0.460. The van der Waals surface area contributed by atoms with Crippen LogP contribution < -0.4 is 0 Å². The van der Waals surface area contributed by atoms with Gasteiger partial charge in [0.25, 0.3) is 0 Å². The van der Waals surface area contributed by atoms with Crippen molar-refractivity contribution in [2.45, 2.75) is 6.42 Å². The maximum atomic E-state index is 5.83. The van der Waals surface area contributed by atoms with E-state index in [1.165, 1.54) is 5.56 Å². The number of allylic oxidation sites excluding steroid dienone is 2. The molecule has 0 radical (unpaired) electrons. The van der Waals surface area contributed by atoms with Crippen molar-refractivity contribution in [3.63, 3.8) is 0 Å². The molecule has 0 aliphatic rings. The molecule has 13 heavy (non-hydrogen) atoms. The highest BCUT2D eigenvalue weighted by Gasteiger charge is 1.97. The van der Waals surface area contributed by atoms with Crippen LogP contribution in [0.1, 0.15) is 12.0 Å². The molecule has 0 nitrogen and oxygen atoms in total. The van der Waals surface area contributed by atoms with Crippen molar-refractivity contribution in [3.8, 4) is 0 Å². The lowest BCUT2D eigenvalue weighted by molar-refractivity contribution is 1.23. The summed E-state index contributed by atoms with van der Waals surface area (Å²) in [6.45, 7) is 0. The molecule has 2 heteroatoms. The molecule has 0 aliphatic heterocycles. The van der Waals surface area contributed by atoms with Gasteiger partial charge in [-0.1, -0.05) is 36.4 Å². The van der Waals surface area contributed by atoms with Crippen molar-refractivity contribution in [3.05, 3.63) is 42.0 Å². The Morgan fingerprint density at radius 2 is 1.85 bits per heavy atom. The number of halogens is 2. The van der Waals surface area contributed by atoms with Crippen molar-refractivity contribution in [1.29, 1.82) is 0 Å². The molecule has 1 aromatic carbocycles.